The number of nitro benzene ring substituents is 1. The Kier molecular flexibility index (Phi) is 8.30. The number of rotatable bonds is 7. The van der Waals surface area contributed by atoms with Crippen LogP contribution in [0.15, 0.2) is 24.3 Å². The first-order chi connectivity index (χ1) is 11.5. The highest BCUT2D eigenvalue weighted by atomic mass is 35.5. The molecule has 0 spiro atoms. The summed E-state index contributed by atoms with van der Waals surface area (Å²) < 4.78 is 0. The van der Waals surface area contributed by atoms with E-state index in [2.05, 4.69) is 4.90 Å². The molecule has 1 aliphatic rings. The van der Waals surface area contributed by atoms with Gasteiger partial charge in [0.2, 0.25) is 0 Å². The van der Waals surface area contributed by atoms with E-state index in [1.807, 2.05) is 0 Å². The van der Waals surface area contributed by atoms with Gasteiger partial charge in [-0.15, -0.1) is 12.4 Å². The molecule has 9 heteroatoms. The quantitative estimate of drug-likeness (QED) is 0.446. The van der Waals surface area contributed by atoms with Gasteiger partial charge in [0.05, 0.1) is 4.92 Å². The molecule has 138 valence electrons. The molecule has 0 atom stereocenters. The van der Waals surface area contributed by atoms with Gasteiger partial charge >= 0.3 is 5.97 Å². The third kappa shape index (κ3) is 6.32. The van der Waals surface area contributed by atoms with E-state index in [9.17, 15) is 19.7 Å². The Labute approximate surface area is 152 Å². The maximum Gasteiger partial charge on any atom is 0.303 e. The van der Waals surface area contributed by atoms with Crippen molar-refractivity contribution < 1.29 is 19.6 Å². The summed E-state index contributed by atoms with van der Waals surface area (Å²) in [4.78, 5) is 37.0. The summed E-state index contributed by atoms with van der Waals surface area (Å²) in [7, 11) is 0. The minimum atomic E-state index is -0.770. The molecule has 1 fully saturated rings. The number of aliphatic carboxylic acids is 1. The Morgan fingerprint density at radius 3 is 2.20 bits per heavy atom. The summed E-state index contributed by atoms with van der Waals surface area (Å²) in [6.07, 6.45) is 1.69. The van der Waals surface area contributed by atoms with E-state index in [0.29, 0.717) is 25.1 Å². The lowest BCUT2D eigenvalue weighted by molar-refractivity contribution is -0.384. The second-order valence-electron chi connectivity index (χ2n) is 5.79. The van der Waals surface area contributed by atoms with Crippen molar-refractivity contribution in [2.75, 3.05) is 32.7 Å². The van der Waals surface area contributed by atoms with Gasteiger partial charge in [0.1, 0.15) is 0 Å². The van der Waals surface area contributed by atoms with Crippen LogP contribution in [-0.2, 0) is 4.79 Å². The van der Waals surface area contributed by atoms with Gasteiger partial charge in [-0.05, 0) is 31.5 Å². The highest BCUT2D eigenvalue weighted by Gasteiger charge is 2.22. The van der Waals surface area contributed by atoms with Gasteiger partial charge in [-0.3, -0.25) is 24.6 Å². The van der Waals surface area contributed by atoms with E-state index in [1.165, 1.54) is 24.3 Å². The summed E-state index contributed by atoms with van der Waals surface area (Å²) >= 11 is 0. The lowest BCUT2D eigenvalue weighted by Gasteiger charge is -2.34. The number of non-ortho nitro benzene ring substituents is 1. The number of nitro groups is 1. The number of piperazine rings is 1. The lowest BCUT2D eigenvalue weighted by atomic mass is 10.1. The van der Waals surface area contributed by atoms with Gasteiger partial charge in [-0.1, -0.05) is 0 Å². The third-order valence-electron chi connectivity index (χ3n) is 4.10. The fourth-order valence-corrected chi connectivity index (χ4v) is 2.69. The van der Waals surface area contributed by atoms with Gasteiger partial charge in [-0.25, -0.2) is 0 Å². The number of unbranched alkanes of at least 4 members (excludes halogenated alkanes) is 1. The normalized spacial score (nSPS) is 14.6. The Morgan fingerprint density at radius 2 is 1.68 bits per heavy atom. The Hall–Kier alpha value is -2.19. The molecule has 0 bridgehead atoms. The number of carboxylic acids is 1. The van der Waals surface area contributed by atoms with E-state index in [1.54, 1.807) is 4.90 Å². The summed E-state index contributed by atoms with van der Waals surface area (Å²) in [6.45, 7) is 3.56. The van der Waals surface area contributed by atoms with Crippen molar-refractivity contribution in [3.8, 4) is 0 Å². The molecule has 1 aromatic rings. The van der Waals surface area contributed by atoms with Crippen molar-refractivity contribution in [1.82, 2.24) is 9.80 Å². The van der Waals surface area contributed by atoms with E-state index in [-0.39, 0.29) is 30.4 Å². The summed E-state index contributed by atoms with van der Waals surface area (Å²) in [6, 6.07) is 5.65. The van der Waals surface area contributed by atoms with Crippen LogP contribution in [-0.4, -0.2) is 64.4 Å². The standard InChI is InChI=1S/C16H21N3O5.ClH/c20-15(21)3-1-2-8-17-9-11-18(12-10-17)16(22)13-4-6-14(7-5-13)19(23)24;/h4-7H,1-3,8-12H2,(H,20,21);1H. The lowest BCUT2D eigenvalue weighted by Crippen LogP contribution is -2.48. The average Bonchev–Trinajstić information content (AvgIpc) is 2.58. The fourth-order valence-electron chi connectivity index (χ4n) is 2.69. The summed E-state index contributed by atoms with van der Waals surface area (Å²) in [5.41, 5.74) is 0.424. The highest BCUT2D eigenvalue weighted by molar-refractivity contribution is 5.94. The minimum absolute atomic E-state index is 0. The first-order valence-corrected chi connectivity index (χ1v) is 7.95. The summed E-state index contributed by atoms with van der Waals surface area (Å²) in [5.74, 6) is -0.885. The molecule has 1 aromatic carbocycles. The largest absolute Gasteiger partial charge is 0.481 e. The summed E-state index contributed by atoms with van der Waals surface area (Å²) in [5, 5.41) is 19.2. The van der Waals surface area contributed by atoms with Crippen LogP contribution < -0.4 is 0 Å². The molecule has 0 aliphatic carbocycles. The van der Waals surface area contributed by atoms with Gasteiger partial charge in [-0.2, -0.15) is 0 Å². The van der Waals surface area contributed by atoms with Crippen LogP contribution in [0, 0.1) is 10.1 Å². The van der Waals surface area contributed by atoms with Crippen LogP contribution in [0.1, 0.15) is 29.6 Å². The van der Waals surface area contributed by atoms with Crippen molar-refractivity contribution in [3.63, 3.8) is 0 Å². The van der Waals surface area contributed by atoms with E-state index in [4.69, 9.17) is 5.11 Å². The monoisotopic (exact) mass is 371 g/mol. The van der Waals surface area contributed by atoms with Crippen LogP contribution in [0.4, 0.5) is 5.69 Å². The molecule has 0 unspecified atom stereocenters. The van der Waals surface area contributed by atoms with Gasteiger partial charge in [0.25, 0.3) is 11.6 Å². The Morgan fingerprint density at radius 1 is 1.08 bits per heavy atom. The number of carboxylic acid groups (broad SMARTS) is 1. The number of nitrogens with zero attached hydrogens (tertiary/aromatic N) is 3. The molecule has 2 rings (SSSR count). The average molecular weight is 372 g/mol. The van der Waals surface area contributed by atoms with Gasteiger partial charge < -0.3 is 10.0 Å². The third-order valence-corrected chi connectivity index (χ3v) is 4.10. The molecule has 0 aromatic heterocycles. The first kappa shape index (κ1) is 20.9. The molecular formula is C16H22ClN3O5. The molecule has 8 nitrogen and oxygen atoms in total. The number of carbonyl (C=O) groups is 2. The number of halogens is 1. The van der Waals surface area contributed by atoms with E-state index < -0.39 is 10.9 Å². The molecule has 0 radical (unpaired) electrons. The maximum atomic E-state index is 12.4. The highest BCUT2D eigenvalue weighted by Crippen LogP contribution is 2.15. The van der Waals surface area contributed by atoms with Crippen molar-refractivity contribution in [1.29, 1.82) is 0 Å². The predicted molar refractivity (Wildman–Crippen MR) is 94.2 cm³/mol. The van der Waals surface area contributed by atoms with Crippen molar-refractivity contribution in [2.45, 2.75) is 19.3 Å². The van der Waals surface area contributed by atoms with Crippen molar-refractivity contribution in [3.05, 3.63) is 39.9 Å². The molecule has 1 amide bonds. The minimum Gasteiger partial charge on any atom is -0.481 e. The molecule has 1 N–H and O–H groups in total. The first-order valence-electron chi connectivity index (χ1n) is 7.95. The fraction of sp³-hybridized carbons (Fsp3) is 0.500. The smallest absolute Gasteiger partial charge is 0.303 e. The van der Waals surface area contributed by atoms with E-state index >= 15 is 0 Å². The van der Waals surface area contributed by atoms with Crippen LogP contribution in [0.2, 0.25) is 0 Å². The Bertz CT molecular complexity index is 600. The van der Waals surface area contributed by atoms with Crippen molar-refractivity contribution >= 4 is 30.0 Å². The molecule has 0 saturated carbocycles. The molecule has 1 aliphatic heterocycles. The van der Waals surface area contributed by atoms with Crippen LogP contribution in [0.5, 0.6) is 0 Å². The number of hydrogen-bond acceptors (Lipinski definition) is 5. The second kappa shape index (κ2) is 9.95. The molecular weight excluding hydrogens is 350 g/mol. The molecule has 1 saturated heterocycles. The van der Waals surface area contributed by atoms with Crippen LogP contribution in [0.3, 0.4) is 0 Å². The van der Waals surface area contributed by atoms with Gasteiger partial charge in [0.15, 0.2) is 0 Å². The molecule has 1 heterocycles. The molecule has 25 heavy (non-hydrogen) atoms. The second-order valence-corrected chi connectivity index (χ2v) is 5.79. The van der Waals surface area contributed by atoms with Crippen LogP contribution in [0.25, 0.3) is 0 Å². The van der Waals surface area contributed by atoms with Crippen LogP contribution >= 0.6 is 12.4 Å². The number of carbonyl (C=O) groups excluding carboxylic acids is 1. The Balaban J connectivity index is 0.00000312. The SMILES string of the molecule is Cl.O=C(O)CCCCN1CCN(C(=O)c2ccc([N+](=O)[O-])cc2)CC1. The number of hydrogen-bond donors (Lipinski definition) is 1. The number of amides is 1. The van der Waals surface area contributed by atoms with Gasteiger partial charge in [0, 0.05) is 50.3 Å². The maximum absolute atomic E-state index is 12.4. The zero-order valence-electron chi connectivity index (χ0n) is 13.8. The topological polar surface area (TPSA) is 104 Å². The van der Waals surface area contributed by atoms with Crippen molar-refractivity contribution in [2.24, 2.45) is 0 Å². The zero-order valence-corrected chi connectivity index (χ0v) is 14.6. The van der Waals surface area contributed by atoms with E-state index in [0.717, 1.165) is 26.1 Å². The number of benzene rings is 1. The zero-order chi connectivity index (χ0) is 17.5. The predicted octanol–water partition coefficient (Wildman–Crippen LogP) is 2.03.